The molecular formula is C20H16O4. The van der Waals surface area contributed by atoms with Crippen molar-refractivity contribution in [2.75, 3.05) is 20.0 Å². The van der Waals surface area contributed by atoms with Gasteiger partial charge in [0.25, 0.3) is 0 Å². The summed E-state index contributed by atoms with van der Waals surface area (Å²) in [5.41, 5.74) is 0.518. The lowest BCUT2D eigenvalue weighted by atomic mass is 9.93. The maximum Gasteiger partial charge on any atom is 0.338 e. The Bertz CT molecular complexity index is 958. The quantitative estimate of drug-likeness (QED) is 0.264. The lowest BCUT2D eigenvalue weighted by Crippen LogP contribution is -2.11. The molecule has 120 valence electrons. The average Bonchev–Trinajstić information content (AvgIpc) is 2.63. The number of aliphatic hydroxyl groups excluding tert-OH is 1. The third-order valence-corrected chi connectivity index (χ3v) is 4.25. The highest BCUT2D eigenvalue weighted by atomic mass is 16.6. The first kappa shape index (κ1) is 14.9. The Labute approximate surface area is 138 Å². The van der Waals surface area contributed by atoms with E-state index in [0.29, 0.717) is 5.56 Å². The van der Waals surface area contributed by atoms with Gasteiger partial charge in [0.1, 0.15) is 13.4 Å². The van der Waals surface area contributed by atoms with E-state index in [1.54, 1.807) is 0 Å². The van der Waals surface area contributed by atoms with Crippen molar-refractivity contribution in [2.24, 2.45) is 0 Å². The highest BCUT2D eigenvalue weighted by molar-refractivity contribution is 6.23. The van der Waals surface area contributed by atoms with Crippen molar-refractivity contribution >= 4 is 38.3 Å². The topological polar surface area (TPSA) is 55.8 Å². The molecular weight excluding hydrogens is 304 g/mol. The van der Waals surface area contributed by atoms with Crippen LogP contribution in [-0.2, 0) is 9.47 Å². The highest BCUT2D eigenvalue weighted by Gasteiger charge is 2.13. The number of carbonyl (C=O) groups is 1. The molecule has 0 saturated heterocycles. The Morgan fingerprint density at radius 1 is 0.833 bits per heavy atom. The van der Waals surface area contributed by atoms with Crippen molar-refractivity contribution < 1.29 is 19.4 Å². The van der Waals surface area contributed by atoms with E-state index in [-0.39, 0.29) is 26.0 Å². The third-order valence-electron chi connectivity index (χ3n) is 4.25. The second-order valence-electron chi connectivity index (χ2n) is 5.68. The summed E-state index contributed by atoms with van der Waals surface area (Å²) in [7, 11) is 0. The largest absolute Gasteiger partial charge is 0.460 e. The number of hydrogen-bond acceptors (Lipinski definition) is 4. The van der Waals surface area contributed by atoms with Gasteiger partial charge in [0.05, 0.1) is 12.2 Å². The van der Waals surface area contributed by atoms with E-state index in [9.17, 15) is 4.79 Å². The molecule has 4 rings (SSSR count). The molecule has 0 heterocycles. The van der Waals surface area contributed by atoms with E-state index in [1.807, 2.05) is 24.3 Å². The first-order valence-electron chi connectivity index (χ1n) is 7.81. The van der Waals surface area contributed by atoms with Gasteiger partial charge in [0.2, 0.25) is 0 Å². The molecule has 0 aliphatic rings. The SMILES string of the molecule is O=C(OCCOCO)c1cc2ccc3cccc4ccc(c1)c2c34. The molecule has 24 heavy (non-hydrogen) atoms. The van der Waals surface area contributed by atoms with Crippen LogP contribution >= 0.6 is 0 Å². The number of hydrogen-bond donors (Lipinski definition) is 1. The van der Waals surface area contributed by atoms with Gasteiger partial charge in [-0.2, -0.15) is 0 Å². The number of rotatable bonds is 5. The van der Waals surface area contributed by atoms with Crippen LogP contribution in [0.15, 0.2) is 54.6 Å². The van der Waals surface area contributed by atoms with Crippen molar-refractivity contribution in [2.45, 2.75) is 0 Å². The van der Waals surface area contributed by atoms with E-state index >= 15 is 0 Å². The molecule has 0 bridgehead atoms. The summed E-state index contributed by atoms with van der Waals surface area (Å²) >= 11 is 0. The number of carbonyl (C=O) groups excluding carboxylic acids is 1. The van der Waals surface area contributed by atoms with Crippen LogP contribution in [0.25, 0.3) is 32.3 Å². The predicted octanol–water partition coefficient (Wildman–Crippen LogP) is 3.71. The lowest BCUT2D eigenvalue weighted by molar-refractivity contribution is -0.0235. The summed E-state index contributed by atoms with van der Waals surface area (Å²) in [6.07, 6.45) is 0. The van der Waals surface area contributed by atoms with E-state index in [0.717, 1.165) is 10.8 Å². The molecule has 0 fully saturated rings. The number of esters is 1. The molecule has 4 heteroatoms. The standard InChI is InChI=1S/C20H16O4/c21-12-23-8-9-24-20(22)17-10-15-6-4-13-2-1-3-14-5-7-16(11-17)19(15)18(13)14/h1-7,10-11,21H,8-9,12H2. The molecule has 0 spiro atoms. The van der Waals surface area contributed by atoms with Crippen molar-refractivity contribution in [3.8, 4) is 0 Å². The molecule has 4 nitrogen and oxygen atoms in total. The van der Waals surface area contributed by atoms with E-state index in [1.165, 1.54) is 21.5 Å². The summed E-state index contributed by atoms with van der Waals surface area (Å²) < 4.78 is 9.94. The summed E-state index contributed by atoms with van der Waals surface area (Å²) in [4.78, 5) is 12.2. The van der Waals surface area contributed by atoms with E-state index in [2.05, 4.69) is 30.3 Å². The van der Waals surface area contributed by atoms with E-state index < -0.39 is 0 Å². The molecule has 0 aromatic heterocycles. The summed E-state index contributed by atoms with van der Waals surface area (Å²) in [6, 6.07) is 18.2. The molecule has 0 radical (unpaired) electrons. The zero-order chi connectivity index (χ0) is 16.5. The first-order valence-corrected chi connectivity index (χ1v) is 7.81. The fraction of sp³-hybridized carbons (Fsp3) is 0.150. The molecule has 0 unspecified atom stereocenters. The van der Waals surface area contributed by atoms with Crippen LogP contribution in [0.1, 0.15) is 10.4 Å². The van der Waals surface area contributed by atoms with Gasteiger partial charge in [-0.3, -0.25) is 0 Å². The van der Waals surface area contributed by atoms with E-state index in [4.69, 9.17) is 14.6 Å². The molecule has 0 atom stereocenters. The number of aliphatic hydroxyl groups is 1. The van der Waals surface area contributed by atoms with Crippen LogP contribution in [0, 0.1) is 0 Å². The maximum atomic E-state index is 12.2. The minimum Gasteiger partial charge on any atom is -0.460 e. The smallest absolute Gasteiger partial charge is 0.338 e. The van der Waals surface area contributed by atoms with Crippen LogP contribution in [0.3, 0.4) is 0 Å². The summed E-state index contributed by atoms with van der Waals surface area (Å²) in [5.74, 6) is -0.387. The number of benzene rings is 4. The fourth-order valence-electron chi connectivity index (χ4n) is 3.21. The maximum absolute atomic E-state index is 12.2. The van der Waals surface area contributed by atoms with Crippen molar-refractivity contribution in [1.29, 1.82) is 0 Å². The summed E-state index contributed by atoms with van der Waals surface area (Å²) in [5, 5.41) is 15.4. The Balaban J connectivity index is 1.78. The molecule has 0 amide bonds. The minimum absolute atomic E-state index is 0.116. The van der Waals surface area contributed by atoms with Crippen LogP contribution in [0.5, 0.6) is 0 Å². The van der Waals surface area contributed by atoms with Gasteiger partial charge < -0.3 is 14.6 Å². The van der Waals surface area contributed by atoms with Crippen molar-refractivity contribution in [3.63, 3.8) is 0 Å². The van der Waals surface area contributed by atoms with Gasteiger partial charge in [-0.1, -0.05) is 42.5 Å². The molecule has 0 saturated carbocycles. The Kier molecular flexibility index (Phi) is 3.76. The second-order valence-corrected chi connectivity index (χ2v) is 5.68. The highest BCUT2D eigenvalue weighted by Crippen LogP contribution is 2.35. The second kappa shape index (κ2) is 6.07. The monoisotopic (exact) mass is 320 g/mol. The zero-order valence-corrected chi connectivity index (χ0v) is 13.0. The Morgan fingerprint density at radius 2 is 1.42 bits per heavy atom. The molecule has 4 aromatic rings. The molecule has 1 N–H and O–H groups in total. The predicted molar refractivity (Wildman–Crippen MR) is 93.5 cm³/mol. The van der Waals surface area contributed by atoms with Gasteiger partial charge in [0, 0.05) is 0 Å². The van der Waals surface area contributed by atoms with Gasteiger partial charge in [0.15, 0.2) is 0 Å². The van der Waals surface area contributed by atoms with Gasteiger partial charge >= 0.3 is 5.97 Å². The average molecular weight is 320 g/mol. The molecule has 0 aliphatic heterocycles. The first-order chi connectivity index (χ1) is 11.8. The molecule has 4 aromatic carbocycles. The van der Waals surface area contributed by atoms with Gasteiger partial charge in [-0.15, -0.1) is 0 Å². The van der Waals surface area contributed by atoms with Crippen molar-refractivity contribution in [1.82, 2.24) is 0 Å². The Hall–Kier alpha value is -2.69. The lowest BCUT2D eigenvalue weighted by Gasteiger charge is -2.12. The third kappa shape index (κ3) is 2.46. The minimum atomic E-state index is -0.387. The van der Waals surface area contributed by atoms with Crippen molar-refractivity contribution in [3.05, 3.63) is 60.2 Å². The molecule has 0 aliphatic carbocycles. The van der Waals surface area contributed by atoms with Crippen LogP contribution < -0.4 is 0 Å². The number of ether oxygens (including phenoxy) is 2. The summed E-state index contributed by atoms with van der Waals surface area (Å²) in [6.45, 7) is -0.0844. The zero-order valence-electron chi connectivity index (χ0n) is 13.0. The van der Waals surface area contributed by atoms with Gasteiger partial charge in [-0.05, 0) is 44.5 Å². The van der Waals surface area contributed by atoms with Crippen LogP contribution in [-0.4, -0.2) is 31.1 Å². The normalized spacial score (nSPS) is 11.5. The Morgan fingerprint density at radius 3 is 2.04 bits per heavy atom. The van der Waals surface area contributed by atoms with Gasteiger partial charge in [-0.25, -0.2) is 4.79 Å². The van der Waals surface area contributed by atoms with Crippen LogP contribution in [0.2, 0.25) is 0 Å². The van der Waals surface area contributed by atoms with Crippen LogP contribution in [0.4, 0.5) is 0 Å². The fourth-order valence-corrected chi connectivity index (χ4v) is 3.21.